The van der Waals surface area contributed by atoms with Crippen LogP contribution in [0.5, 0.6) is 23.0 Å². The number of carbonyl (C=O) groups is 1. The molecule has 164 valence electrons. The first-order valence-corrected chi connectivity index (χ1v) is 9.26. The summed E-state index contributed by atoms with van der Waals surface area (Å²) in [7, 11) is 6.43. The molecule has 2 rings (SSSR count). The van der Waals surface area contributed by atoms with Crippen molar-refractivity contribution in [3.63, 3.8) is 0 Å². The molecule has 2 N–H and O–H groups in total. The number of amides is 1. The number of quaternary nitrogens is 1. The van der Waals surface area contributed by atoms with Crippen molar-refractivity contribution >= 4 is 5.91 Å². The minimum atomic E-state index is -2.94. The summed E-state index contributed by atoms with van der Waals surface area (Å²) in [5, 5.41) is 2.82. The van der Waals surface area contributed by atoms with E-state index in [0.717, 1.165) is 10.5 Å². The van der Waals surface area contributed by atoms with E-state index in [4.69, 9.17) is 14.2 Å². The Bertz CT molecular complexity index is 848. The van der Waals surface area contributed by atoms with E-state index < -0.39 is 6.61 Å². The number of carbonyl (C=O) groups excluding carboxylic acids is 1. The number of methoxy groups -OCH3 is 3. The number of ether oxygens (including phenoxy) is 4. The van der Waals surface area contributed by atoms with Crippen molar-refractivity contribution in [2.24, 2.45) is 0 Å². The lowest BCUT2D eigenvalue weighted by molar-refractivity contribution is -0.885. The number of alkyl halides is 2. The van der Waals surface area contributed by atoms with Gasteiger partial charge in [-0.2, -0.15) is 8.78 Å². The molecule has 0 aromatic heterocycles. The SMILES string of the molecule is COc1ccc(C[NH+](C)CC(=O)NCc2ccc(OC(F)F)c(OC)c2)cc1OC. The largest absolute Gasteiger partial charge is 0.493 e. The molecule has 0 radical (unpaired) electrons. The van der Waals surface area contributed by atoms with Gasteiger partial charge in [-0.15, -0.1) is 0 Å². The van der Waals surface area contributed by atoms with Gasteiger partial charge in [-0.1, -0.05) is 6.07 Å². The summed E-state index contributed by atoms with van der Waals surface area (Å²) in [6.07, 6.45) is 0. The summed E-state index contributed by atoms with van der Waals surface area (Å²) >= 11 is 0. The van der Waals surface area contributed by atoms with Gasteiger partial charge in [-0.3, -0.25) is 4.79 Å². The Hall–Kier alpha value is -3.07. The van der Waals surface area contributed by atoms with E-state index in [2.05, 4.69) is 10.1 Å². The van der Waals surface area contributed by atoms with Crippen LogP contribution in [0.1, 0.15) is 11.1 Å². The van der Waals surface area contributed by atoms with E-state index in [1.165, 1.54) is 13.2 Å². The van der Waals surface area contributed by atoms with Crippen molar-refractivity contribution in [3.05, 3.63) is 47.5 Å². The molecule has 7 nitrogen and oxygen atoms in total. The predicted molar refractivity (Wildman–Crippen MR) is 106 cm³/mol. The van der Waals surface area contributed by atoms with Crippen LogP contribution in [-0.2, 0) is 17.9 Å². The Labute approximate surface area is 174 Å². The number of hydrogen-bond donors (Lipinski definition) is 2. The standard InChI is InChI=1S/C21H26F2N2O5/c1-25(12-15-6-7-16(27-2)18(10-15)28-3)13-20(26)24-11-14-5-8-17(30-21(22)23)19(9-14)29-4/h5-10,21H,11-13H2,1-4H3,(H,24,26)/p+1. The second-order valence-corrected chi connectivity index (χ2v) is 6.64. The molecule has 30 heavy (non-hydrogen) atoms. The first-order chi connectivity index (χ1) is 14.4. The molecule has 2 aromatic carbocycles. The number of hydrogen-bond acceptors (Lipinski definition) is 5. The number of likely N-dealkylation sites (N-methyl/N-ethyl adjacent to an activating group) is 1. The lowest BCUT2D eigenvalue weighted by Gasteiger charge is -2.16. The zero-order valence-electron chi connectivity index (χ0n) is 17.5. The molecule has 1 unspecified atom stereocenters. The third kappa shape index (κ3) is 6.77. The molecule has 9 heteroatoms. The first kappa shape index (κ1) is 23.2. The fourth-order valence-corrected chi connectivity index (χ4v) is 2.95. The molecular weight excluding hydrogens is 398 g/mol. The first-order valence-electron chi connectivity index (χ1n) is 9.26. The van der Waals surface area contributed by atoms with Gasteiger partial charge in [0, 0.05) is 12.1 Å². The molecule has 0 aliphatic heterocycles. The molecule has 0 bridgehead atoms. The molecule has 0 spiro atoms. The maximum Gasteiger partial charge on any atom is 0.387 e. The minimum Gasteiger partial charge on any atom is -0.493 e. The molecule has 2 aromatic rings. The summed E-state index contributed by atoms with van der Waals surface area (Å²) in [5.41, 5.74) is 1.72. The summed E-state index contributed by atoms with van der Waals surface area (Å²) in [6.45, 7) is -1.80. The Morgan fingerprint density at radius 3 is 2.13 bits per heavy atom. The molecule has 0 aliphatic rings. The maximum atomic E-state index is 12.4. The number of benzene rings is 2. The van der Waals surface area contributed by atoms with Gasteiger partial charge in [0.25, 0.3) is 5.91 Å². The molecule has 0 heterocycles. The van der Waals surface area contributed by atoms with Crippen LogP contribution in [-0.4, -0.2) is 47.4 Å². The third-order valence-electron chi connectivity index (χ3n) is 4.35. The van der Waals surface area contributed by atoms with Crippen LogP contribution in [0.4, 0.5) is 8.78 Å². The fraction of sp³-hybridized carbons (Fsp3) is 0.381. The molecule has 0 saturated carbocycles. The summed E-state index contributed by atoms with van der Waals surface area (Å²) in [6, 6.07) is 10.2. The Morgan fingerprint density at radius 2 is 1.50 bits per heavy atom. The van der Waals surface area contributed by atoms with E-state index in [-0.39, 0.29) is 30.5 Å². The lowest BCUT2D eigenvalue weighted by atomic mass is 10.2. The van der Waals surface area contributed by atoms with Crippen molar-refractivity contribution in [3.8, 4) is 23.0 Å². The molecule has 0 aliphatic carbocycles. The van der Waals surface area contributed by atoms with Crippen LogP contribution in [0.15, 0.2) is 36.4 Å². The van der Waals surface area contributed by atoms with E-state index in [1.807, 2.05) is 25.2 Å². The normalized spacial score (nSPS) is 11.7. The van der Waals surface area contributed by atoms with E-state index in [9.17, 15) is 13.6 Å². The molecule has 0 fully saturated rings. The van der Waals surface area contributed by atoms with Gasteiger partial charge >= 0.3 is 6.61 Å². The number of nitrogens with one attached hydrogen (secondary N) is 2. The van der Waals surface area contributed by atoms with Gasteiger partial charge in [0.2, 0.25) is 0 Å². The van der Waals surface area contributed by atoms with Crippen LogP contribution >= 0.6 is 0 Å². The van der Waals surface area contributed by atoms with Gasteiger partial charge in [0.15, 0.2) is 29.5 Å². The van der Waals surface area contributed by atoms with E-state index in [0.29, 0.717) is 23.6 Å². The Morgan fingerprint density at radius 1 is 0.933 bits per heavy atom. The van der Waals surface area contributed by atoms with E-state index in [1.54, 1.807) is 26.4 Å². The number of rotatable bonds is 11. The fourth-order valence-electron chi connectivity index (χ4n) is 2.95. The van der Waals surface area contributed by atoms with Crippen molar-refractivity contribution < 1.29 is 37.4 Å². The molecule has 0 saturated heterocycles. The topological polar surface area (TPSA) is 70.5 Å². The minimum absolute atomic E-state index is 0.0540. The molecule has 1 atom stereocenters. The van der Waals surface area contributed by atoms with Gasteiger partial charge in [-0.05, 0) is 35.9 Å². The van der Waals surface area contributed by atoms with Gasteiger partial charge < -0.3 is 29.2 Å². The van der Waals surface area contributed by atoms with Crippen molar-refractivity contribution in [2.75, 3.05) is 34.9 Å². The lowest BCUT2D eigenvalue weighted by Crippen LogP contribution is -3.08. The maximum absolute atomic E-state index is 12.4. The Kier molecular flexibility index (Phi) is 8.67. The molecule has 1 amide bonds. The number of halogens is 2. The van der Waals surface area contributed by atoms with Gasteiger partial charge in [-0.25, -0.2) is 0 Å². The van der Waals surface area contributed by atoms with Gasteiger partial charge in [0.05, 0.1) is 28.4 Å². The quantitative estimate of drug-likeness (QED) is 0.573. The zero-order chi connectivity index (χ0) is 22.1. The van der Waals surface area contributed by atoms with Crippen LogP contribution in [0.25, 0.3) is 0 Å². The average molecular weight is 425 g/mol. The smallest absolute Gasteiger partial charge is 0.387 e. The molecular formula is C21H27F2N2O5+. The second kappa shape index (κ2) is 11.2. The highest BCUT2D eigenvalue weighted by Gasteiger charge is 2.14. The second-order valence-electron chi connectivity index (χ2n) is 6.64. The highest BCUT2D eigenvalue weighted by molar-refractivity contribution is 5.76. The van der Waals surface area contributed by atoms with Crippen molar-refractivity contribution in [1.82, 2.24) is 5.32 Å². The predicted octanol–water partition coefficient (Wildman–Crippen LogP) is 1.64. The van der Waals surface area contributed by atoms with Crippen molar-refractivity contribution in [1.29, 1.82) is 0 Å². The summed E-state index contributed by atoms with van der Waals surface area (Å²) < 4.78 is 44.8. The van der Waals surface area contributed by atoms with Gasteiger partial charge in [0.1, 0.15) is 6.54 Å². The van der Waals surface area contributed by atoms with E-state index >= 15 is 0 Å². The summed E-state index contributed by atoms with van der Waals surface area (Å²) in [5.74, 6) is 1.28. The van der Waals surface area contributed by atoms with Crippen molar-refractivity contribution in [2.45, 2.75) is 19.7 Å². The highest BCUT2D eigenvalue weighted by atomic mass is 19.3. The third-order valence-corrected chi connectivity index (χ3v) is 4.35. The zero-order valence-corrected chi connectivity index (χ0v) is 17.5. The Balaban J connectivity index is 1.88. The van der Waals surface area contributed by atoms with Crippen LogP contribution in [0.2, 0.25) is 0 Å². The van der Waals surface area contributed by atoms with Crippen LogP contribution < -0.4 is 29.2 Å². The highest BCUT2D eigenvalue weighted by Crippen LogP contribution is 2.29. The summed E-state index contributed by atoms with van der Waals surface area (Å²) in [4.78, 5) is 13.3. The monoisotopic (exact) mass is 425 g/mol. The van der Waals surface area contributed by atoms with Crippen LogP contribution in [0, 0.1) is 0 Å². The average Bonchev–Trinajstić information content (AvgIpc) is 2.72. The van der Waals surface area contributed by atoms with Crippen LogP contribution in [0.3, 0.4) is 0 Å².